The Hall–Kier alpha value is -0.393. The van der Waals surface area contributed by atoms with Crippen LogP contribution >= 0.6 is 15.9 Å². The molecule has 1 aromatic rings. The number of hydrogen-bond acceptors (Lipinski definition) is 2. The molecule has 1 aliphatic heterocycles. The van der Waals surface area contributed by atoms with Crippen molar-refractivity contribution >= 4 is 24.2 Å². The van der Waals surface area contributed by atoms with Gasteiger partial charge in [-0.25, -0.2) is 4.39 Å². The second-order valence-corrected chi connectivity index (χ2v) is 12.4. The lowest BCUT2D eigenvalue weighted by Crippen LogP contribution is -2.42. The van der Waals surface area contributed by atoms with Gasteiger partial charge in [0.2, 0.25) is 0 Å². The van der Waals surface area contributed by atoms with Gasteiger partial charge >= 0.3 is 0 Å². The molecule has 5 heteroatoms. The van der Waals surface area contributed by atoms with Crippen LogP contribution in [0.2, 0.25) is 18.1 Å². The highest BCUT2D eigenvalue weighted by molar-refractivity contribution is 9.10. The number of rotatable bonds is 2. The van der Waals surface area contributed by atoms with Crippen molar-refractivity contribution in [3.63, 3.8) is 0 Å². The predicted octanol–water partition coefficient (Wildman–Crippen LogP) is 5.43. The molecule has 0 unspecified atom stereocenters. The van der Waals surface area contributed by atoms with E-state index in [-0.39, 0.29) is 17.0 Å². The number of halogens is 2. The van der Waals surface area contributed by atoms with Crippen molar-refractivity contribution < 1.29 is 13.6 Å². The maximum absolute atomic E-state index is 13.8. The van der Waals surface area contributed by atoms with Gasteiger partial charge < -0.3 is 9.16 Å². The van der Waals surface area contributed by atoms with Crippen LogP contribution < -0.4 is 4.74 Å². The van der Waals surface area contributed by atoms with E-state index in [4.69, 9.17) is 9.16 Å². The molecule has 2 nitrogen and oxygen atoms in total. The van der Waals surface area contributed by atoms with E-state index < -0.39 is 8.32 Å². The average molecular weight is 361 g/mol. The Morgan fingerprint density at radius 1 is 1.35 bits per heavy atom. The van der Waals surface area contributed by atoms with Gasteiger partial charge in [0.15, 0.2) is 8.32 Å². The molecule has 0 bridgehead atoms. The van der Waals surface area contributed by atoms with Crippen LogP contribution in [0.4, 0.5) is 4.39 Å². The molecule has 0 saturated carbocycles. The lowest BCUT2D eigenvalue weighted by atomic mass is 10.0. The third-order valence-corrected chi connectivity index (χ3v) is 9.37. The summed E-state index contributed by atoms with van der Waals surface area (Å²) in [6, 6.07) is 3.24. The van der Waals surface area contributed by atoms with E-state index in [1.165, 1.54) is 6.07 Å². The van der Waals surface area contributed by atoms with Gasteiger partial charge in [-0.15, -0.1) is 0 Å². The maximum Gasteiger partial charge on any atom is 0.192 e. The summed E-state index contributed by atoms with van der Waals surface area (Å²) in [5, 5.41) is 0.138. The fourth-order valence-corrected chi connectivity index (χ4v) is 3.64. The van der Waals surface area contributed by atoms with Gasteiger partial charge in [0, 0.05) is 12.0 Å². The average Bonchev–Trinajstić information content (AvgIpc) is 2.30. The highest BCUT2D eigenvalue weighted by atomic mass is 79.9. The summed E-state index contributed by atoms with van der Waals surface area (Å²) < 4.78 is 26.3. The van der Waals surface area contributed by atoms with Gasteiger partial charge in [0.05, 0.1) is 17.2 Å². The first-order valence-electron chi connectivity index (χ1n) is 6.91. The topological polar surface area (TPSA) is 18.5 Å². The Bertz CT molecular complexity index is 511. The Labute approximate surface area is 129 Å². The summed E-state index contributed by atoms with van der Waals surface area (Å²) in [6.45, 7) is 11.7. The minimum atomic E-state index is -1.88. The summed E-state index contributed by atoms with van der Waals surface area (Å²) in [6.07, 6.45) is 0.711. The SMILES string of the molecule is CC(C)(C)[Si](C)(C)O[C@@H]1CCOc2cc(Br)c(F)cc21. The summed E-state index contributed by atoms with van der Waals surface area (Å²) in [5.41, 5.74) is 0.835. The highest BCUT2D eigenvalue weighted by Crippen LogP contribution is 2.44. The molecule has 0 aromatic heterocycles. The van der Waals surface area contributed by atoms with Crippen molar-refractivity contribution in [3.8, 4) is 5.75 Å². The van der Waals surface area contributed by atoms with Crippen LogP contribution in [0.3, 0.4) is 0 Å². The van der Waals surface area contributed by atoms with Crippen molar-refractivity contribution in [1.82, 2.24) is 0 Å². The maximum atomic E-state index is 13.8. The standard InChI is InChI=1S/C15H22BrFO2Si/c1-15(2,3)20(4,5)19-13-6-7-18-14-9-11(16)12(17)8-10(13)14/h8-9,13H,6-7H2,1-5H3/t13-/m1/s1. The zero-order valence-corrected chi connectivity index (χ0v) is 15.3. The second-order valence-electron chi connectivity index (χ2n) is 6.81. The van der Waals surface area contributed by atoms with Crippen LogP contribution in [0, 0.1) is 5.82 Å². The fourth-order valence-electron chi connectivity index (χ4n) is 2.01. The lowest BCUT2D eigenvalue weighted by Gasteiger charge is -2.40. The zero-order chi connectivity index (χ0) is 15.1. The number of ether oxygens (including phenoxy) is 1. The summed E-state index contributed by atoms with van der Waals surface area (Å²) in [7, 11) is -1.88. The fraction of sp³-hybridized carbons (Fsp3) is 0.600. The molecule has 0 fully saturated rings. The first-order valence-corrected chi connectivity index (χ1v) is 10.6. The zero-order valence-electron chi connectivity index (χ0n) is 12.7. The second kappa shape index (κ2) is 5.43. The Morgan fingerprint density at radius 2 is 2.00 bits per heavy atom. The van der Waals surface area contributed by atoms with Crippen LogP contribution in [0.25, 0.3) is 0 Å². The van der Waals surface area contributed by atoms with E-state index in [1.54, 1.807) is 6.07 Å². The highest BCUT2D eigenvalue weighted by Gasteiger charge is 2.40. The lowest BCUT2D eigenvalue weighted by molar-refractivity contribution is 0.122. The largest absolute Gasteiger partial charge is 0.493 e. The van der Waals surface area contributed by atoms with E-state index in [9.17, 15) is 4.39 Å². The summed E-state index contributed by atoms with van der Waals surface area (Å²) in [5.74, 6) is 0.464. The Morgan fingerprint density at radius 3 is 2.60 bits per heavy atom. The smallest absolute Gasteiger partial charge is 0.192 e. The van der Waals surface area contributed by atoms with Crippen LogP contribution in [-0.2, 0) is 4.43 Å². The molecule has 1 aliphatic rings. The first kappa shape index (κ1) is 16.0. The van der Waals surface area contributed by atoms with Crippen LogP contribution in [0.15, 0.2) is 16.6 Å². The molecular weight excluding hydrogens is 339 g/mol. The molecule has 2 rings (SSSR count). The molecule has 0 radical (unpaired) electrons. The van der Waals surface area contributed by atoms with Gasteiger partial charge in [0.25, 0.3) is 0 Å². The monoisotopic (exact) mass is 360 g/mol. The minimum absolute atomic E-state index is 0.0674. The summed E-state index contributed by atoms with van der Waals surface area (Å²) >= 11 is 3.20. The normalized spacial score (nSPS) is 19.4. The van der Waals surface area contributed by atoms with Crippen molar-refractivity contribution in [3.05, 3.63) is 28.0 Å². The first-order chi connectivity index (χ1) is 9.12. The van der Waals surface area contributed by atoms with E-state index in [1.807, 2.05) is 0 Å². The molecule has 0 saturated heterocycles. The van der Waals surface area contributed by atoms with Crippen LogP contribution in [0.5, 0.6) is 5.75 Å². The van der Waals surface area contributed by atoms with Crippen molar-refractivity contribution in [2.24, 2.45) is 0 Å². The molecule has 1 atom stereocenters. The van der Waals surface area contributed by atoms with E-state index >= 15 is 0 Å². The third-order valence-electron chi connectivity index (χ3n) is 4.28. The molecule has 0 N–H and O–H groups in total. The molecule has 112 valence electrons. The van der Waals surface area contributed by atoms with Gasteiger partial charge in [-0.2, -0.15) is 0 Å². The van der Waals surface area contributed by atoms with Gasteiger partial charge in [-0.1, -0.05) is 20.8 Å². The molecule has 1 aromatic carbocycles. The van der Waals surface area contributed by atoms with E-state index in [2.05, 4.69) is 49.8 Å². The van der Waals surface area contributed by atoms with Crippen LogP contribution in [-0.4, -0.2) is 14.9 Å². The number of fused-ring (bicyclic) bond motifs is 1. The molecule has 0 spiro atoms. The van der Waals surface area contributed by atoms with Gasteiger partial charge in [0.1, 0.15) is 11.6 Å². The number of benzene rings is 1. The van der Waals surface area contributed by atoms with Crippen molar-refractivity contribution in [2.75, 3.05) is 6.61 Å². The van der Waals surface area contributed by atoms with Crippen LogP contribution in [0.1, 0.15) is 38.9 Å². The molecule has 20 heavy (non-hydrogen) atoms. The Kier molecular flexibility index (Phi) is 4.34. The predicted molar refractivity (Wildman–Crippen MR) is 85.2 cm³/mol. The quantitative estimate of drug-likeness (QED) is 0.654. The Balaban J connectivity index is 2.32. The molecule has 0 amide bonds. The molecule has 1 heterocycles. The summed E-state index contributed by atoms with van der Waals surface area (Å²) in [4.78, 5) is 0. The third kappa shape index (κ3) is 3.10. The minimum Gasteiger partial charge on any atom is -0.493 e. The van der Waals surface area contributed by atoms with E-state index in [0.717, 1.165) is 17.7 Å². The molecular formula is C15H22BrFO2Si. The van der Waals surface area contributed by atoms with E-state index in [0.29, 0.717) is 11.1 Å². The van der Waals surface area contributed by atoms with Gasteiger partial charge in [-0.3, -0.25) is 0 Å². The van der Waals surface area contributed by atoms with Gasteiger partial charge in [-0.05, 0) is 46.2 Å². The van der Waals surface area contributed by atoms with Crippen molar-refractivity contribution in [2.45, 2.75) is 51.4 Å². The number of hydrogen-bond donors (Lipinski definition) is 0. The van der Waals surface area contributed by atoms with Crippen molar-refractivity contribution in [1.29, 1.82) is 0 Å². The molecule has 0 aliphatic carbocycles.